The second-order valence-electron chi connectivity index (χ2n) is 11.2. The first-order chi connectivity index (χ1) is 17.5. The lowest BCUT2D eigenvalue weighted by Gasteiger charge is -2.36. The van der Waals surface area contributed by atoms with Crippen molar-refractivity contribution in [2.45, 2.75) is 65.0 Å². The minimum atomic E-state index is -1.82. The zero-order chi connectivity index (χ0) is 26.4. The predicted octanol–water partition coefficient (Wildman–Crippen LogP) is 5.96. The molecule has 0 fully saturated rings. The summed E-state index contributed by atoms with van der Waals surface area (Å²) < 4.78 is 29.7. The Hall–Kier alpha value is -3.08. The van der Waals surface area contributed by atoms with Crippen molar-refractivity contribution in [2.75, 3.05) is 18.5 Å². The Balaban J connectivity index is 1.40. The van der Waals surface area contributed by atoms with E-state index in [1.54, 1.807) is 12.1 Å². The predicted molar refractivity (Wildman–Crippen MR) is 145 cm³/mol. The summed E-state index contributed by atoms with van der Waals surface area (Å²) >= 11 is 0. The smallest absolute Gasteiger partial charge is 0.229 e. The van der Waals surface area contributed by atoms with E-state index < -0.39 is 8.32 Å². The van der Waals surface area contributed by atoms with Crippen molar-refractivity contribution in [1.29, 1.82) is 0 Å². The monoisotopic (exact) mass is 522 g/mol. The first-order valence-electron chi connectivity index (χ1n) is 12.7. The van der Waals surface area contributed by atoms with Gasteiger partial charge in [-0.2, -0.15) is 5.10 Å². The van der Waals surface area contributed by atoms with Crippen molar-refractivity contribution < 1.29 is 13.6 Å². The first-order valence-corrected chi connectivity index (χ1v) is 15.6. The van der Waals surface area contributed by atoms with E-state index in [1.165, 1.54) is 12.1 Å². The summed E-state index contributed by atoms with van der Waals surface area (Å²) in [5.74, 6) is 1.09. The summed E-state index contributed by atoms with van der Waals surface area (Å²) in [6.07, 6.45) is 1.90. The van der Waals surface area contributed by atoms with E-state index in [4.69, 9.17) is 9.16 Å². The van der Waals surface area contributed by atoms with Gasteiger partial charge in [-0.25, -0.2) is 4.39 Å². The zero-order valence-corrected chi connectivity index (χ0v) is 23.4. The molecule has 0 bridgehead atoms. The summed E-state index contributed by atoms with van der Waals surface area (Å²) in [6.45, 7) is 15.5. The van der Waals surface area contributed by atoms with Crippen molar-refractivity contribution in [3.05, 3.63) is 65.4 Å². The highest BCUT2D eigenvalue weighted by molar-refractivity contribution is 6.74. The number of benzene rings is 2. The number of hydrogen-bond donors (Lipinski definition) is 1. The Labute approximate surface area is 217 Å². The normalized spacial score (nSPS) is 16.2. The average molecular weight is 523 g/mol. The lowest BCUT2D eigenvalue weighted by molar-refractivity contribution is 0.0670. The molecule has 1 aliphatic rings. The molecule has 0 spiro atoms. The molecule has 0 amide bonds. The third-order valence-electron chi connectivity index (χ3n) is 7.65. The quantitative estimate of drug-likeness (QED) is 0.302. The number of ether oxygens (including phenoxy) is 1. The Morgan fingerprint density at radius 2 is 1.92 bits per heavy atom. The van der Waals surface area contributed by atoms with Gasteiger partial charge in [-0.15, -0.1) is 10.2 Å². The van der Waals surface area contributed by atoms with E-state index in [2.05, 4.69) is 73.5 Å². The molecular formula is C27H35FN6O2Si. The summed E-state index contributed by atoms with van der Waals surface area (Å²) in [5, 5.41) is 18.1. The van der Waals surface area contributed by atoms with E-state index in [9.17, 15) is 4.39 Å². The van der Waals surface area contributed by atoms with Gasteiger partial charge in [-0.3, -0.25) is 9.25 Å². The fourth-order valence-electron chi connectivity index (χ4n) is 4.38. The van der Waals surface area contributed by atoms with Crippen molar-refractivity contribution >= 4 is 30.9 Å². The van der Waals surface area contributed by atoms with Gasteiger partial charge in [0, 0.05) is 11.1 Å². The minimum Gasteiger partial charge on any atom is -0.415 e. The third-order valence-corrected chi connectivity index (χ3v) is 12.2. The minimum absolute atomic E-state index is 0.149. The fraction of sp³-hybridized carbons (Fsp3) is 0.444. The molecule has 2 aromatic heterocycles. The number of nitrogens with one attached hydrogen (secondary N) is 1. The molecule has 1 aliphatic heterocycles. The topological polar surface area (TPSA) is 79.0 Å². The number of fused-ring (bicyclic) bond motifs is 2. The van der Waals surface area contributed by atoms with Gasteiger partial charge in [0.2, 0.25) is 5.95 Å². The molecule has 1 unspecified atom stereocenters. The van der Waals surface area contributed by atoms with Gasteiger partial charge in [-0.05, 0) is 60.4 Å². The van der Waals surface area contributed by atoms with Crippen molar-refractivity contribution in [1.82, 2.24) is 24.5 Å². The van der Waals surface area contributed by atoms with E-state index in [-0.39, 0.29) is 16.9 Å². The highest BCUT2D eigenvalue weighted by Gasteiger charge is 2.37. The molecule has 196 valence electrons. The van der Waals surface area contributed by atoms with Crippen LogP contribution in [0.5, 0.6) is 0 Å². The maximum Gasteiger partial charge on any atom is 0.229 e. The molecule has 0 saturated carbocycles. The summed E-state index contributed by atoms with van der Waals surface area (Å²) in [4.78, 5) is 0. The molecule has 37 heavy (non-hydrogen) atoms. The van der Waals surface area contributed by atoms with Crippen LogP contribution in [0, 0.1) is 12.7 Å². The van der Waals surface area contributed by atoms with Crippen molar-refractivity contribution in [3.63, 3.8) is 0 Å². The van der Waals surface area contributed by atoms with Crippen molar-refractivity contribution in [3.8, 4) is 0 Å². The van der Waals surface area contributed by atoms with Gasteiger partial charge >= 0.3 is 0 Å². The second kappa shape index (κ2) is 9.66. The Morgan fingerprint density at radius 1 is 1.16 bits per heavy atom. The van der Waals surface area contributed by atoms with Crippen LogP contribution in [0.15, 0.2) is 42.6 Å². The molecule has 0 radical (unpaired) electrons. The first kappa shape index (κ1) is 25.6. The standard InChI is InChI=1S/C27H35FN6O2Si/c1-18-13-20-15-29-33(11-12-36-37(5,6)27(2,3)4)23(20)14-22(18)30-26-32-31-25-17-35-16-24(34(25)26)19-7-9-21(28)10-8-19/h7-10,13-15,24H,11-12,16-17H2,1-6H3,(H,30,32). The molecule has 3 heterocycles. The van der Waals surface area contributed by atoms with Crippen LogP contribution >= 0.6 is 0 Å². The molecule has 8 nitrogen and oxygen atoms in total. The number of aryl methyl sites for hydroxylation is 1. The van der Waals surface area contributed by atoms with Gasteiger partial charge in [0.15, 0.2) is 14.1 Å². The SMILES string of the molecule is Cc1cc2cnn(CCO[Si](C)(C)C(C)(C)C)c2cc1Nc1nnc2n1C(c1ccc(F)cc1)COC2. The lowest BCUT2D eigenvalue weighted by atomic mass is 10.1. The van der Waals surface area contributed by atoms with E-state index in [1.807, 2.05) is 15.4 Å². The number of anilines is 2. The number of halogens is 1. The molecular weight excluding hydrogens is 487 g/mol. The summed E-state index contributed by atoms with van der Waals surface area (Å²) in [5.41, 5.74) is 3.98. The van der Waals surface area contributed by atoms with Gasteiger partial charge in [0.25, 0.3) is 0 Å². The Morgan fingerprint density at radius 3 is 2.65 bits per heavy atom. The molecule has 5 rings (SSSR count). The van der Waals surface area contributed by atoms with E-state index in [0.717, 1.165) is 33.5 Å². The molecule has 4 aromatic rings. The number of nitrogens with zero attached hydrogens (tertiary/aromatic N) is 5. The molecule has 0 aliphatic carbocycles. The second-order valence-corrected chi connectivity index (χ2v) is 16.0. The van der Waals surface area contributed by atoms with E-state index in [0.29, 0.717) is 32.3 Å². The van der Waals surface area contributed by atoms with Crippen LogP contribution in [0.2, 0.25) is 18.1 Å². The third kappa shape index (κ3) is 5.05. The molecule has 1 N–H and O–H groups in total. The number of rotatable bonds is 7. The molecule has 0 saturated heterocycles. The molecule has 1 atom stereocenters. The van der Waals surface area contributed by atoms with Crippen LogP contribution in [0.3, 0.4) is 0 Å². The Bertz CT molecular complexity index is 1410. The highest BCUT2D eigenvalue weighted by Crippen LogP contribution is 2.36. The summed E-state index contributed by atoms with van der Waals surface area (Å²) in [7, 11) is -1.82. The van der Waals surface area contributed by atoms with Crippen LogP contribution < -0.4 is 5.32 Å². The van der Waals surface area contributed by atoms with Crippen LogP contribution in [0.25, 0.3) is 10.9 Å². The summed E-state index contributed by atoms with van der Waals surface area (Å²) in [6, 6.07) is 10.6. The van der Waals surface area contributed by atoms with Gasteiger partial charge in [0.1, 0.15) is 12.4 Å². The van der Waals surface area contributed by atoms with Crippen molar-refractivity contribution in [2.24, 2.45) is 0 Å². The maximum absolute atomic E-state index is 13.5. The highest BCUT2D eigenvalue weighted by atomic mass is 28.4. The number of aromatic nitrogens is 5. The zero-order valence-electron chi connectivity index (χ0n) is 22.4. The van der Waals surface area contributed by atoms with E-state index >= 15 is 0 Å². The molecule has 10 heteroatoms. The van der Waals surface area contributed by atoms with Crippen LogP contribution in [-0.4, -0.2) is 46.1 Å². The fourth-order valence-corrected chi connectivity index (χ4v) is 5.41. The molecule has 2 aromatic carbocycles. The van der Waals surface area contributed by atoms with Gasteiger partial charge in [-0.1, -0.05) is 32.9 Å². The largest absolute Gasteiger partial charge is 0.415 e. The van der Waals surface area contributed by atoms with Gasteiger partial charge in [0.05, 0.1) is 37.5 Å². The average Bonchev–Trinajstić information content (AvgIpc) is 3.43. The van der Waals surface area contributed by atoms with Crippen LogP contribution in [0.1, 0.15) is 43.8 Å². The van der Waals surface area contributed by atoms with Crippen LogP contribution in [0.4, 0.5) is 16.0 Å². The van der Waals surface area contributed by atoms with Crippen LogP contribution in [-0.2, 0) is 22.3 Å². The number of hydrogen-bond acceptors (Lipinski definition) is 6. The van der Waals surface area contributed by atoms with Gasteiger partial charge < -0.3 is 14.5 Å². The lowest BCUT2D eigenvalue weighted by Crippen LogP contribution is -2.41. The maximum atomic E-state index is 13.5. The Kier molecular flexibility index (Phi) is 6.67.